The van der Waals surface area contributed by atoms with E-state index in [1.165, 1.54) is 36.2 Å². The predicted octanol–water partition coefficient (Wildman–Crippen LogP) is 4.70. The Morgan fingerprint density at radius 2 is 1.95 bits per heavy atom. The van der Waals surface area contributed by atoms with Crippen LogP contribution in [0.3, 0.4) is 0 Å². The molecule has 1 aliphatic rings. The van der Waals surface area contributed by atoms with Gasteiger partial charge in [-0.1, -0.05) is 40.2 Å². The summed E-state index contributed by atoms with van der Waals surface area (Å²) < 4.78 is 1.12. The monoisotopic (exact) mass is 344 g/mol. The van der Waals surface area contributed by atoms with Crippen molar-refractivity contribution in [1.29, 1.82) is 0 Å². The zero-order valence-corrected chi connectivity index (χ0v) is 13.8. The van der Waals surface area contributed by atoms with Crippen LogP contribution in [0.1, 0.15) is 18.4 Å². The summed E-state index contributed by atoms with van der Waals surface area (Å²) in [6.07, 6.45) is 3.80. The summed E-state index contributed by atoms with van der Waals surface area (Å²) in [6, 6.07) is 17.2. The molecule has 0 atom stereocenters. The van der Waals surface area contributed by atoms with Crippen molar-refractivity contribution in [3.63, 3.8) is 0 Å². The van der Waals surface area contributed by atoms with Crippen molar-refractivity contribution in [1.82, 2.24) is 0 Å². The number of hydrogen-bond donors (Lipinski definition) is 1. The molecule has 0 radical (unpaired) electrons. The maximum absolute atomic E-state index is 3.51. The lowest BCUT2D eigenvalue weighted by Gasteiger charge is -2.25. The Morgan fingerprint density at radius 3 is 2.86 bits per heavy atom. The minimum Gasteiger partial charge on any atom is -0.383 e. The Hall–Kier alpha value is -1.48. The van der Waals surface area contributed by atoms with Gasteiger partial charge in [-0.2, -0.15) is 0 Å². The summed E-state index contributed by atoms with van der Waals surface area (Å²) in [4.78, 5) is 2.52. The fourth-order valence-corrected chi connectivity index (χ4v) is 3.33. The van der Waals surface area contributed by atoms with Crippen molar-refractivity contribution in [2.75, 3.05) is 29.9 Å². The molecule has 1 aliphatic heterocycles. The fourth-order valence-electron chi connectivity index (χ4n) is 2.94. The number of nitrogens with one attached hydrogen (secondary N) is 1. The van der Waals surface area contributed by atoms with E-state index in [-0.39, 0.29) is 0 Å². The normalized spacial score (nSPS) is 14.4. The highest BCUT2D eigenvalue weighted by molar-refractivity contribution is 9.10. The number of benzene rings is 2. The molecule has 2 aromatic rings. The van der Waals surface area contributed by atoms with Crippen LogP contribution >= 0.6 is 15.9 Å². The summed E-state index contributed by atoms with van der Waals surface area (Å²) >= 11 is 3.51. The first-order valence-corrected chi connectivity index (χ1v) is 8.44. The molecule has 0 spiro atoms. The van der Waals surface area contributed by atoms with Crippen LogP contribution in [0, 0.1) is 0 Å². The molecule has 0 fully saturated rings. The lowest BCUT2D eigenvalue weighted by molar-refractivity contribution is 0.719. The molecule has 21 heavy (non-hydrogen) atoms. The maximum Gasteiger partial charge on any atom is 0.0399 e. The highest BCUT2D eigenvalue weighted by Crippen LogP contribution is 2.25. The lowest BCUT2D eigenvalue weighted by atomic mass is 10.1. The summed E-state index contributed by atoms with van der Waals surface area (Å²) in [6.45, 7) is 3.17. The summed E-state index contributed by atoms with van der Waals surface area (Å²) in [5.74, 6) is 0. The average Bonchev–Trinajstić information content (AvgIpc) is 2.70. The molecule has 2 nitrogen and oxygen atoms in total. The van der Waals surface area contributed by atoms with Crippen molar-refractivity contribution in [2.45, 2.75) is 19.3 Å². The van der Waals surface area contributed by atoms with E-state index >= 15 is 0 Å². The molecule has 3 heteroatoms. The first kappa shape index (κ1) is 14.5. The lowest BCUT2D eigenvalue weighted by Crippen LogP contribution is -2.29. The van der Waals surface area contributed by atoms with Crippen LogP contribution in [0.5, 0.6) is 0 Å². The van der Waals surface area contributed by atoms with Crippen LogP contribution in [0.4, 0.5) is 11.4 Å². The Morgan fingerprint density at radius 1 is 1.05 bits per heavy atom. The molecule has 0 aromatic heterocycles. The molecule has 0 saturated carbocycles. The van der Waals surface area contributed by atoms with Crippen LogP contribution in [-0.2, 0) is 6.42 Å². The average molecular weight is 345 g/mol. The molecule has 0 saturated heterocycles. The number of nitrogens with zero attached hydrogens (tertiary/aromatic N) is 1. The van der Waals surface area contributed by atoms with Gasteiger partial charge in [-0.25, -0.2) is 0 Å². The molecule has 3 rings (SSSR count). The van der Waals surface area contributed by atoms with Crippen molar-refractivity contribution in [2.24, 2.45) is 0 Å². The van der Waals surface area contributed by atoms with Gasteiger partial charge in [0.05, 0.1) is 0 Å². The third-order valence-corrected chi connectivity index (χ3v) is 4.49. The van der Waals surface area contributed by atoms with E-state index in [0.29, 0.717) is 0 Å². The van der Waals surface area contributed by atoms with Crippen LogP contribution in [0.15, 0.2) is 53.0 Å². The second-order valence-electron chi connectivity index (χ2n) is 5.51. The van der Waals surface area contributed by atoms with Crippen LogP contribution in [0.2, 0.25) is 0 Å². The zero-order valence-electron chi connectivity index (χ0n) is 12.2. The van der Waals surface area contributed by atoms with E-state index in [0.717, 1.165) is 24.1 Å². The highest BCUT2D eigenvalue weighted by atomic mass is 79.9. The number of fused-ring (bicyclic) bond motifs is 1. The molecule has 0 aliphatic carbocycles. The molecule has 0 unspecified atom stereocenters. The van der Waals surface area contributed by atoms with Gasteiger partial charge < -0.3 is 10.2 Å². The van der Waals surface area contributed by atoms with Gasteiger partial charge in [0.25, 0.3) is 0 Å². The van der Waals surface area contributed by atoms with Crippen molar-refractivity contribution < 1.29 is 0 Å². The maximum atomic E-state index is 3.51. The molecule has 0 bridgehead atoms. The summed E-state index contributed by atoms with van der Waals surface area (Å²) in [5.41, 5.74) is 4.09. The zero-order chi connectivity index (χ0) is 14.5. The third kappa shape index (κ3) is 3.79. The third-order valence-electron chi connectivity index (χ3n) is 3.99. The van der Waals surface area contributed by atoms with Crippen molar-refractivity contribution >= 4 is 27.3 Å². The number of halogens is 1. The Balaban J connectivity index is 1.62. The summed E-state index contributed by atoms with van der Waals surface area (Å²) in [7, 11) is 0. The molecular weight excluding hydrogens is 324 g/mol. The molecule has 1 heterocycles. The van der Waals surface area contributed by atoms with E-state index < -0.39 is 0 Å². The minimum absolute atomic E-state index is 0.963. The number of rotatable bonds is 4. The van der Waals surface area contributed by atoms with Crippen LogP contribution in [-0.4, -0.2) is 19.6 Å². The first-order chi connectivity index (χ1) is 10.3. The highest BCUT2D eigenvalue weighted by Gasteiger charge is 2.13. The summed E-state index contributed by atoms with van der Waals surface area (Å²) in [5, 5.41) is 3.51. The molecule has 2 aromatic carbocycles. The standard InChI is InChI=1S/C18H21BrN2/c19-16-8-5-9-17(14-16)20-11-13-21-12-4-3-7-15-6-1-2-10-18(15)21/h1-2,5-6,8-10,14,20H,3-4,7,11-13H2. The van der Waals surface area contributed by atoms with Gasteiger partial charge in [-0.3, -0.25) is 0 Å². The SMILES string of the molecule is Brc1cccc(NCCN2CCCCc3ccccc32)c1. The fraction of sp³-hybridized carbons (Fsp3) is 0.333. The van der Waals surface area contributed by atoms with Crippen molar-refractivity contribution in [3.8, 4) is 0 Å². The number of para-hydroxylation sites is 1. The quantitative estimate of drug-likeness (QED) is 0.864. The van der Waals surface area contributed by atoms with Gasteiger partial charge in [0.15, 0.2) is 0 Å². The van der Waals surface area contributed by atoms with Crippen LogP contribution < -0.4 is 10.2 Å². The Kier molecular flexibility index (Phi) is 4.81. The number of hydrogen-bond acceptors (Lipinski definition) is 2. The van der Waals surface area contributed by atoms with Gasteiger partial charge in [0, 0.05) is 35.5 Å². The van der Waals surface area contributed by atoms with E-state index in [9.17, 15) is 0 Å². The molecule has 0 amide bonds. The number of anilines is 2. The van der Waals surface area contributed by atoms with E-state index in [1.807, 2.05) is 0 Å². The molecular formula is C18H21BrN2. The number of aryl methyl sites for hydroxylation is 1. The molecule has 1 N–H and O–H groups in total. The van der Waals surface area contributed by atoms with E-state index in [4.69, 9.17) is 0 Å². The van der Waals surface area contributed by atoms with Gasteiger partial charge in [0.2, 0.25) is 0 Å². The van der Waals surface area contributed by atoms with Gasteiger partial charge >= 0.3 is 0 Å². The predicted molar refractivity (Wildman–Crippen MR) is 94.2 cm³/mol. The minimum atomic E-state index is 0.963. The van der Waals surface area contributed by atoms with E-state index in [1.54, 1.807) is 0 Å². The first-order valence-electron chi connectivity index (χ1n) is 7.65. The van der Waals surface area contributed by atoms with Gasteiger partial charge in [-0.05, 0) is 49.1 Å². The van der Waals surface area contributed by atoms with E-state index in [2.05, 4.69) is 74.7 Å². The van der Waals surface area contributed by atoms with Gasteiger partial charge in [-0.15, -0.1) is 0 Å². The van der Waals surface area contributed by atoms with Gasteiger partial charge in [0.1, 0.15) is 0 Å². The second kappa shape index (κ2) is 6.99. The topological polar surface area (TPSA) is 15.3 Å². The van der Waals surface area contributed by atoms with Crippen molar-refractivity contribution in [3.05, 3.63) is 58.6 Å². The Bertz CT molecular complexity index is 597. The smallest absolute Gasteiger partial charge is 0.0399 e. The second-order valence-corrected chi connectivity index (χ2v) is 6.43. The molecule has 110 valence electrons. The van der Waals surface area contributed by atoms with Crippen LogP contribution in [0.25, 0.3) is 0 Å². The largest absolute Gasteiger partial charge is 0.383 e. The Labute approximate surface area is 135 Å².